The van der Waals surface area contributed by atoms with Crippen LogP contribution in [0.3, 0.4) is 0 Å². The van der Waals surface area contributed by atoms with Crippen LogP contribution in [0.1, 0.15) is 32.8 Å². The first kappa shape index (κ1) is 21.0. The zero-order chi connectivity index (χ0) is 20.4. The summed E-state index contributed by atoms with van der Waals surface area (Å²) >= 11 is 0. The Kier molecular flexibility index (Phi) is 8.09. The van der Waals surface area contributed by atoms with E-state index >= 15 is 0 Å². The predicted octanol–water partition coefficient (Wildman–Crippen LogP) is 4.48. The van der Waals surface area contributed by atoms with Crippen molar-refractivity contribution in [3.05, 3.63) is 54.1 Å². The molecule has 2 N–H and O–H groups in total. The van der Waals surface area contributed by atoms with Crippen molar-refractivity contribution in [1.82, 2.24) is 0 Å². The number of amides is 2. The number of rotatable bonds is 9. The fourth-order valence-electron chi connectivity index (χ4n) is 2.42. The first-order valence-corrected chi connectivity index (χ1v) is 9.28. The second-order valence-electron chi connectivity index (χ2n) is 6.07. The van der Waals surface area contributed by atoms with Crippen LogP contribution in [0.25, 0.3) is 6.08 Å². The monoisotopic (exact) mass is 382 g/mol. The Morgan fingerprint density at radius 3 is 2.21 bits per heavy atom. The quantitative estimate of drug-likeness (QED) is 0.627. The third-order valence-corrected chi connectivity index (χ3v) is 3.63. The highest BCUT2D eigenvalue weighted by Crippen LogP contribution is 2.29. The molecule has 2 aromatic rings. The minimum atomic E-state index is -0.253. The van der Waals surface area contributed by atoms with E-state index in [0.29, 0.717) is 36.1 Å². The number of nitrogens with one attached hydrogen (secondary N) is 2. The van der Waals surface area contributed by atoms with E-state index in [-0.39, 0.29) is 11.8 Å². The molecule has 0 radical (unpaired) electrons. The molecule has 0 saturated carbocycles. The number of anilines is 2. The molecule has 0 heterocycles. The smallest absolute Gasteiger partial charge is 0.248 e. The lowest BCUT2D eigenvalue weighted by molar-refractivity contribution is -0.114. The molecule has 6 heteroatoms. The molecule has 2 rings (SSSR count). The maximum Gasteiger partial charge on any atom is 0.248 e. The van der Waals surface area contributed by atoms with Crippen LogP contribution in [0, 0.1) is 0 Å². The molecule has 0 aliphatic heterocycles. The van der Waals surface area contributed by atoms with Crippen molar-refractivity contribution in [2.75, 3.05) is 23.8 Å². The molecule has 6 nitrogen and oxygen atoms in total. The van der Waals surface area contributed by atoms with Gasteiger partial charge in [-0.2, -0.15) is 0 Å². The molecule has 0 saturated heterocycles. The Hall–Kier alpha value is -3.28. The maximum atomic E-state index is 12.1. The number of benzene rings is 2. The van der Waals surface area contributed by atoms with Gasteiger partial charge in [-0.1, -0.05) is 13.0 Å². The predicted molar refractivity (Wildman–Crippen MR) is 112 cm³/mol. The van der Waals surface area contributed by atoms with Crippen molar-refractivity contribution in [3.8, 4) is 11.5 Å². The summed E-state index contributed by atoms with van der Waals surface area (Å²) in [5.41, 5.74) is 2.15. The molecule has 0 atom stereocenters. The third-order valence-electron chi connectivity index (χ3n) is 3.63. The van der Waals surface area contributed by atoms with Crippen molar-refractivity contribution in [2.24, 2.45) is 0 Å². The van der Waals surface area contributed by atoms with E-state index in [0.717, 1.165) is 12.0 Å². The van der Waals surface area contributed by atoms with Crippen LogP contribution < -0.4 is 20.1 Å². The first-order valence-electron chi connectivity index (χ1n) is 9.28. The summed E-state index contributed by atoms with van der Waals surface area (Å²) in [5.74, 6) is 0.963. The number of carbonyl (C=O) groups excluding carboxylic acids is 2. The normalized spacial score (nSPS) is 10.5. The zero-order valence-electron chi connectivity index (χ0n) is 16.5. The van der Waals surface area contributed by atoms with Gasteiger partial charge in [-0.3, -0.25) is 9.59 Å². The topological polar surface area (TPSA) is 76.7 Å². The minimum absolute atomic E-state index is 0.141. The number of hydrogen-bond acceptors (Lipinski definition) is 4. The van der Waals surface area contributed by atoms with Crippen LogP contribution in [0.4, 0.5) is 11.4 Å². The van der Waals surface area contributed by atoms with Gasteiger partial charge in [-0.15, -0.1) is 0 Å². The summed E-state index contributed by atoms with van der Waals surface area (Å²) in [4.78, 5) is 23.2. The molecule has 0 fully saturated rings. The Morgan fingerprint density at radius 2 is 1.61 bits per heavy atom. The Labute approximate surface area is 165 Å². The summed E-state index contributed by atoms with van der Waals surface area (Å²) in [5, 5.41) is 5.45. The van der Waals surface area contributed by atoms with Gasteiger partial charge in [0, 0.05) is 24.4 Å². The summed E-state index contributed by atoms with van der Waals surface area (Å²) in [6.07, 6.45) is 4.09. The van der Waals surface area contributed by atoms with E-state index in [1.165, 1.54) is 13.0 Å². The number of carbonyl (C=O) groups is 2. The fourth-order valence-corrected chi connectivity index (χ4v) is 2.42. The van der Waals surface area contributed by atoms with Gasteiger partial charge in [0.05, 0.1) is 13.2 Å². The van der Waals surface area contributed by atoms with Gasteiger partial charge in [0.15, 0.2) is 11.5 Å². The molecule has 0 bridgehead atoms. The van der Waals surface area contributed by atoms with E-state index in [4.69, 9.17) is 9.47 Å². The van der Waals surface area contributed by atoms with Crippen LogP contribution >= 0.6 is 0 Å². The van der Waals surface area contributed by atoms with Crippen LogP contribution in [-0.4, -0.2) is 25.0 Å². The van der Waals surface area contributed by atoms with E-state index in [1.54, 1.807) is 30.3 Å². The lowest BCUT2D eigenvalue weighted by atomic mass is 10.2. The lowest BCUT2D eigenvalue weighted by Crippen LogP contribution is -2.08. The number of ether oxygens (including phenoxy) is 2. The molecule has 2 aromatic carbocycles. The Morgan fingerprint density at radius 1 is 0.929 bits per heavy atom. The van der Waals surface area contributed by atoms with E-state index in [9.17, 15) is 9.59 Å². The van der Waals surface area contributed by atoms with Crippen LogP contribution in [0.2, 0.25) is 0 Å². The molecule has 2 amide bonds. The highest BCUT2D eigenvalue weighted by molar-refractivity contribution is 6.02. The van der Waals surface area contributed by atoms with Gasteiger partial charge in [0.1, 0.15) is 0 Å². The average Bonchev–Trinajstić information content (AvgIpc) is 2.67. The molecule has 28 heavy (non-hydrogen) atoms. The molecule has 0 unspecified atom stereocenters. The molecular weight excluding hydrogens is 356 g/mol. The second-order valence-corrected chi connectivity index (χ2v) is 6.07. The molecule has 0 spiro atoms. The van der Waals surface area contributed by atoms with Gasteiger partial charge in [-0.05, 0) is 61.4 Å². The van der Waals surface area contributed by atoms with Gasteiger partial charge in [-0.25, -0.2) is 0 Å². The minimum Gasteiger partial charge on any atom is -0.490 e. The Balaban J connectivity index is 2.00. The zero-order valence-corrected chi connectivity index (χ0v) is 16.5. The van der Waals surface area contributed by atoms with Crippen LogP contribution in [0.5, 0.6) is 11.5 Å². The van der Waals surface area contributed by atoms with Gasteiger partial charge in [0.25, 0.3) is 0 Å². The summed E-state index contributed by atoms with van der Waals surface area (Å²) in [6.45, 7) is 6.56. The van der Waals surface area contributed by atoms with E-state index < -0.39 is 0 Å². The van der Waals surface area contributed by atoms with Crippen LogP contribution in [-0.2, 0) is 9.59 Å². The molecular formula is C22H26N2O4. The van der Waals surface area contributed by atoms with Crippen LogP contribution in [0.15, 0.2) is 48.5 Å². The largest absolute Gasteiger partial charge is 0.490 e. The molecule has 0 aliphatic carbocycles. The highest BCUT2D eigenvalue weighted by Gasteiger charge is 2.06. The first-order chi connectivity index (χ1) is 13.5. The number of hydrogen-bond donors (Lipinski definition) is 2. The third kappa shape index (κ3) is 6.79. The van der Waals surface area contributed by atoms with Crippen molar-refractivity contribution in [3.63, 3.8) is 0 Å². The average molecular weight is 382 g/mol. The molecule has 0 aromatic heterocycles. The SMILES string of the molecule is CCCOc1ccc(/C=C/C(=O)Nc2ccc(NC(C)=O)cc2)cc1OCC. The highest BCUT2D eigenvalue weighted by atomic mass is 16.5. The van der Waals surface area contributed by atoms with Crippen molar-refractivity contribution < 1.29 is 19.1 Å². The van der Waals surface area contributed by atoms with Crippen molar-refractivity contribution in [2.45, 2.75) is 27.2 Å². The summed E-state index contributed by atoms with van der Waals surface area (Å²) < 4.78 is 11.3. The lowest BCUT2D eigenvalue weighted by Gasteiger charge is -2.12. The molecule has 0 aliphatic rings. The Bertz CT molecular complexity index is 829. The maximum absolute atomic E-state index is 12.1. The molecule has 148 valence electrons. The van der Waals surface area contributed by atoms with Crippen molar-refractivity contribution >= 4 is 29.3 Å². The van der Waals surface area contributed by atoms with Gasteiger partial charge >= 0.3 is 0 Å². The summed E-state index contributed by atoms with van der Waals surface area (Å²) in [7, 11) is 0. The van der Waals surface area contributed by atoms with E-state index in [1.807, 2.05) is 32.0 Å². The van der Waals surface area contributed by atoms with Gasteiger partial charge < -0.3 is 20.1 Å². The van der Waals surface area contributed by atoms with Gasteiger partial charge in [0.2, 0.25) is 11.8 Å². The standard InChI is InChI=1S/C22H26N2O4/c1-4-14-28-20-12-6-17(15-21(20)27-5-2)7-13-22(26)24-19-10-8-18(9-11-19)23-16(3)25/h6-13,15H,4-5,14H2,1-3H3,(H,23,25)(H,24,26)/b13-7+. The van der Waals surface area contributed by atoms with Crippen molar-refractivity contribution in [1.29, 1.82) is 0 Å². The van der Waals surface area contributed by atoms with E-state index in [2.05, 4.69) is 10.6 Å². The summed E-state index contributed by atoms with van der Waals surface area (Å²) in [6, 6.07) is 12.5. The fraction of sp³-hybridized carbons (Fsp3) is 0.273. The second kappa shape index (κ2) is 10.8.